The highest BCUT2D eigenvalue weighted by molar-refractivity contribution is 6.31. The summed E-state index contributed by atoms with van der Waals surface area (Å²) in [4.78, 5) is 17.6. The van der Waals surface area contributed by atoms with Crippen molar-refractivity contribution in [2.24, 2.45) is 0 Å². The Balaban J connectivity index is 1.55. The molecular formula is C28H33ClN2O2. The second-order valence-electron chi connectivity index (χ2n) is 9.99. The maximum atomic E-state index is 11.3. The molecule has 0 bridgehead atoms. The van der Waals surface area contributed by atoms with E-state index in [-0.39, 0.29) is 11.4 Å². The van der Waals surface area contributed by atoms with Gasteiger partial charge in [0.05, 0.1) is 7.11 Å². The van der Waals surface area contributed by atoms with Crippen molar-refractivity contribution in [3.8, 4) is 0 Å². The van der Waals surface area contributed by atoms with Crippen LogP contribution in [0.1, 0.15) is 61.9 Å². The first kappa shape index (κ1) is 23.6. The molecule has 1 atom stereocenters. The predicted molar refractivity (Wildman–Crippen MR) is 137 cm³/mol. The number of rotatable bonds is 5. The Labute approximate surface area is 201 Å². The van der Waals surface area contributed by atoms with Crippen molar-refractivity contribution in [3.05, 3.63) is 75.9 Å². The zero-order valence-corrected chi connectivity index (χ0v) is 20.7. The van der Waals surface area contributed by atoms with Gasteiger partial charge < -0.3 is 9.72 Å². The van der Waals surface area contributed by atoms with Crippen molar-refractivity contribution < 1.29 is 9.53 Å². The number of hydrogen-bond donors (Lipinski definition) is 1. The van der Waals surface area contributed by atoms with Gasteiger partial charge in [-0.1, -0.05) is 62.7 Å². The molecule has 0 radical (unpaired) electrons. The number of piperidine rings is 1. The smallest absolute Gasteiger partial charge is 0.330 e. The lowest BCUT2D eigenvalue weighted by Gasteiger charge is -2.34. The number of benzene rings is 2. The van der Waals surface area contributed by atoms with Crippen molar-refractivity contribution in [1.82, 2.24) is 9.88 Å². The van der Waals surface area contributed by atoms with Gasteiger partial charge in [-0.3, -0.25) is 4.90 Å². The lowest BCUT2D eigenvalue weighted by Crippen LogP contribution is -2.34. The van der Waals surface area contributed by atoms with Gasteiger partial charge in [0.2, 0.25) is 0 Å². The fraction of sp³-hybridized carbons (Fsp3) is 0.393. The number of methoxy groups -OCH3 is 1. The van der Waals surface area contributed by atoms with Gasteiger partial charge >= 0.3 is 5.97 Å². The van der Waals surface area contributed by atoms with Crippen LogP contribution in [-0.2, 0) is 21.5 Å². The molecule has 2 heterocycles. The maximum Gasteiger partial charge on any atom is 0.330 e. The number of nitrogens with zero attached hydrogens (tertiary/aromatic N) is 1. The molecule has 0 amide bonds. The zero-order chi connectivity index (χ0) is 23.6. The van der Waals surface area contributed by atoms with Crippen LogP contribution in [0.2, 0.25) is 5.02 Å². The molecule has 3 aromatic rings. The van der Waals surface area contributed by atoms with Crippen LogP contribution in [0.4, 0.5) is 0 Å². The molecule has 1 unspecified atom stereocenters. The average Bonchev–Trinajstić information content (AvgIpc) is 3.19. The minimum atomic E-state index is -0.374. The number of carbonyl (C=O) groups excluding carboxylic acids is 1. The van der Waals surface area contributed by atoms with Gasteiger partial charge in [0.15, 0.2) is 0 Å². The molecule has 33 heavy (non-hydrogen) atoms. The number of aromatic nitrogens is 1. The minimum Gasteiger partial charge on any atom is -0.466 e. The first-order valence-electron chi connectivity index (χ1n) is 11.6. The van der Waals surface area contributed by atoms with Gasteiger partial charge in [0.1, 0.15) is 0 Å². The van der Waals surface area contributed by atoms with E-state index in [1.807, 2.05) is 12.1 Å². The Bertz CT molecular complexity index is 1170. The number of fused-ring (bicyclic) bond motifs is 1. The van der Waals surface area contributed by atoms with Gasteiger partial charge in [0.25, 0.3) is 0 Å². The summed E-state index contributed by atoms with van der Waals surface area (Å²) in [5.74, 6) is 0.117. The third kappa shape index (κ3) is 5.34. The van der Waals surface area contributed by atoms with Crippen LogP contribution in [0.15, 0.2) is 48.5 Å². The fourth-order valence-corrected chi connectivity index (χ4v) is 5.13. The van der Waals surface area contributed by atoms with Crippen molar-refractivity contribution in [1.29, 1.82) is 0 Å². The Kier molecular flexibility index (Phi) is 6.96. The number of halogens is 1. The Hall–Kier alpha value is -2.56. The molecular weight excluding hydrogens is 432 g/mol. The van der Waals surface area contributed by atoms with Gasteiger partial charge in [-0.2, -0.15) is 0 Å². The molecule has 1 aromatic heterocycles. The highest BCUT2D eigenvalue weighted by atomic mass is 35.5. The summed E-state index contributed by atoms with van der Waals surface area (Å²) < 4.78 is 4.66. The van der Waals surface area contributed by atoms with Crippen molar-refractivity contribution >= 4 is 34.5 Å². The van der Waals surface area contributed by atoms with Crippen LogP contribution in [0, 0.1) is 0 Å². The number of hydrogen-bond acceptors (Lipinski definition) is 3. The Morgan fingerprint density at radius 1 is 1.24 bits per heavy atom. The lowest BCUT2D eigenvalue weighted by molar-refractivity contribution is -0.134. The van der Waals surface area contributed by atoms with Crippen molar-refractivity contribution in [3.63, 3.8) is 0 Å². The van der Waals surface area contributed by atoms with Crippen LogP contribution < -0.4 is 0 Å². The monoisotopic (exact) mass is 464 g/mol. The second kappa shape index (κ2) is 9.74. The number of esters is 1. The van der Waals surface area contributed by atoms with Crippen LogP contribution in [0.3, 0.4) is 0 Å². The summed E-state index contributed by atoms with van der Waals surface area (Å²) in [5, 5.41) is 2.08. The molecule has 5 heteroatoms. The normalized spacial score (nSPS) is 17.7. The van der Waals surface area contributed by atoms with Gasteiger partial charge in [-0.05, 0) is 60.2 Å². The molecule has 0 saturated carbocycles. The van der Waals surface area contributed by atoms with E-state index in [1.165, 1.54) is 48.2 Å². The maximum absolute atomic E-state index is 11.3. The third-order valence-corrected chi connectivity index (χ3v) is 6.85. The SMILES string of the molecule is COC(=O)/C=C/c1ccc(CN2CCCC(c3c(C(C)(C)C)[nH]c4ccccc34)C2)c(Cl)c1. The largest absolute Gasteiger partial charge is 0.466 e. The van der Waals surface area contributed by atoms with E-state index in [9.17, 15) is 4.79 Å². The van der Waals surface area contributed by atoms with E-state index in [1.54, 1.807) is 6.08 Å². The van der Waals surface area contributed by atoms with Crippen LogP contribution in [0.25, 0.3) is 17.0 Å². The third-order valence-electron chi connectivity index (χ3n) is 6.49. The van der Waals surface area contributed by atoms with Crippen LogP contribution >= 0.6 is 11.6 Å². The molecule has 174 valence electrons. The second-order valence-corrected chi connectivity index (χ2v) is 10.4. The number of H-pyrrole nitrogens is 1. The van der Waals surface area contributed by atoms with E-state index in [4.69, 9.17) is 11.6 Å². The molecule has 2 aromatic carbocycles. The summed E-state index contributed by atoms with van der Waals surface area (Å²) in [6, 6.07) is 14.7. The number of carbonyl (C=O) groups is 1. The van der Waals surface area contributed by atoms with Crippen molar-refractivity contribution in [2.45, 2.75) is 51.5 Å². The van der Waals surface area contributed by atoms with Crippen LogP contribution in [0.5, 0.6) is 0 Å². The van der Waals surface area contributed by atoms with Crippen LogP contribution in [-0.4, -0.2) is 36.1 Å². The number of ether oxygens (including phenoxy) is 1. The van der Waals surface area contributed by atoms with Crippen molar-refractivity contribution in [2.75, 3.05) is 20.2 Å². The van der Waals surface area contributed by atoms with Gasteiger partial charge in [-0.15, -0.1) is 0 Å². The lowest BCUT2D eigenvalue weighted by atomic mass is 9.81. The number of nitrogens with one attached hydrogen (secondary N) is 1. The predicted octanol–water partition coefficient (Wildman–Crippen LogP) is 6.68. The van der Waals surface area contributed by atoms with Gasteiger partial charge in [0, 0.05) is 46.2 Å². The molecule has 0 aliphatic carbocycles. The standard InChI is InChI=1S/C28H33ClN2O2/c1-28(2,3)27-26(22-9-5-6-10-24(22)30-27)21-8-7-15-31(18-21)17-20-13-11-19(16-23(20)29)12-14-25(32)33-4/h5-6,9-14,16,21,30H,7-8,15,17-18H2,1-4H3/b14-12+. The Morgan fingerprint density at radius 2 is 2.03 bits per heavy atom. The summed E-state index contributed by atoms with van der Waals surface area (Å²) in [5.41, 5.74) is 6.13. The molecule has 1 N–H and O–H groups in total. The highest BCUT2D eigenvalue weighted by Crippen LogP contribution is 2.40. The van der Waals surface area contributed by atoms with E-state index in [0.29, 0.717) is 5.92 Å². The molecule has 4 nitrogen and oxygen atoms in total. The number of para-hydroxylation sites is 1. The first-order chi connectivity index (χ1) is 15.8. The van der Waals surface area contributed by atoms with E-state index in [0.717, 1.165) is 35.8 Å². The van der Waals surface area contributed by atoms with E-state index >= 15 is 0 Å². The molecule has 1 saturated heterocycles. The minimum absolute atomic E-state index is 0.0630. The number of aromatic amines is 1. The Morgan fingerprint density at radius 3 is 2.76 bits per heavy atom. The summed E-state index contributed by atoms with van der Waals surface area (Å²) in [6.07, 6.45) is 5.51. The molecule has 0 spiro atoms. The first-order valence-corrected chi connectivity index (χ1v) is 12.0. The zero-order valence-electron chi connectivity index (χ0n) is 20.0. The topological polar surface area (TPSA) is 45.3 Å². The molecule has 1 aliphatic rings. The molecule has 4 rings (SSSR count). The highest BCUT2D eigenvalue weighted by Gasteiger charge is 2.30. The number of likely N-dealkylation sites (tertiary alicyclic amines) is 1. The van der Waals surface area contributed by atoms with E-state index in [2.05, 4.69) is 65.7 Å². The summed E-state index contributed by atoms with van der Waals surface area (Å²) in [7, 11) is 1.37. The fourth-order valence-electron chi connectivity index (χ4n) is 4.88. The molecule has 1 aliphatic heterocycles. The van der Waals surface area contributed by atoms with Gasteiger partial charge in [-0.25, -0.2) is 4.79 Å². The quantitative estimate of drug-likeness (QED) is 0.338. The summed E-state index contributed by atoms with van der Waals surface area (Å²) in [6.45, 7) is 9.78. The average molecular weight is 465 g/mol. The summed E-state index contributed by atoms with van der Waals surface area (Å²) >= 11 is 6.62. The molecule has 1 fully saturated rings. The van der Waals surface area contributed by atoms with E-state index < -0.39 is 0 Å².